The summed E-state index contributed by atoms with van der Waals surface area (Å²) in [5.74, 6) is 0.905. The van der Waals surface area contributed by atoms with E-state index in [1.54, 1.807) is 14.0 Å². The highest BCUT2D eigenvalue weighted by Gasteiger charge is 2.22. The fourth-order valence-corrected chi connectivity index (χ4v) is 1.90. The second kappa shape index (κ2) is 8.46. The number of hydrogen-bond donors (Lipinski definition) is 0. The molecule has 0 spiro atoms. The molecule has 0 radical (unpaired) electrons. The molecule has 0 fully saturated rings. The minimum atomic E-state index is -0.582. The molecule has 0 aliphatic carbocycles. The number of aryl methyl sites for hydroxylation is 1. The van der Waals surface area contributed by atoms with Crippen LogP contribution in [0.4, 0.5) is 0 Å². The van der Waals surface area contributed by atoms with Gasteiger partial charge in [0.15, 0.2) is 17.6 Å². The molecule has 112 valence electrons. The van der Waals surface area contributed by atoms with Crippen LogP contribution >= 0.6 is 0 Å². The summed E-state index contributed by atoms with van der Waals surface area (Å²) in [4.78, 5) is 11.9. The lowest BCUT2D eigenvalue weighted by molar-refractivity contribution is -0.151. The van der Waals surface area contributed by atoms with Crippen molar-refractivity contribution in [1.29, 1.82) is 0 Å². The molecule has 0 saturated carbocycles. The van der Waals surface area contributed by atoms with Gasteiger partial charge < -0.3 is 14.2 Å². The lowest BCUT2D eigenvalue weighted by Crippen LogP contribution is -2.29. The first-order valence-corrected chi connectivity index (χ1v) is 7.16. The average molecular weight is 280 g/mol. The molecule has 1 rings (SSSR count). The Labute approximate surface area is 121 Å². The van der Waals surface area contributed by atoms with Gasteiger partial charge in [0.1, 0.15) is 0 Å². The minimum absolute atomic E-state index is 0.323. The van der Waals surface area contributed by atoms with Gasteiger partial charge in [0.25, 0.3) is 0 Å². The van der Waals surface area contributed by atoms with Crippen LogP contribution in [0.3, 0.4) is 0 Å². The molecule has 0 N–H and O–H groups in total. The SMILES string of the molecule is CCCC(Oc1ccc(CC)cc1OC)C(=O)OCC. The van der Waals surface area contributed by atoms with Gasteiger partial charge in [-0.2, -0.15) is 0 Å². The number of hydrogen-bond acceptors (Lipinski definition) is 4. The second-order valence-electron chi connectivity index (χ2n) is 4.49. The van der Waals surface area contributed by atoms with Crippen molar-refractivity contribution in [1.82, 2.24) is 0 Å². The Balaban J connectivity index is 2.89. The third kappa shape index (κ3) is 4.44. The Kier molecular flexibility index (Phi) is 6.91. The van der Waals surface area contributed by atoms with Gasteiger partial charge >= 0.3 is 5.97 Å². The first kappa shape index (κ1) is 16.3. The first-order chi connectivity index (χ1) is 9.65. The molecule has 1 aromatic carbocycles. The van der Waals surface area contributed by atoms with Crippen LogP contribution in [0, 0.1) is 0 Å². The van der Waals surface area contributed by atoms with Gasteiger partial charge in [-0.25, -0.2) is 4.79 Å². The number of benzene rings is 1. The van der Waals surface area contributed by atoms with Crippen molar-refractivity contribution in [2.75, 3.05) is 13.7 Å². The van der Waals surface area contributed by atoms with Crippen molar-refractivity contribution in [2.24, 2.45) is 0 Å². The maximum atomic E-state index is 11.9. The van der Waals surface area contributed by atoms with Crippen molar-refractivity contribution < 1.29 is 19.0 Å². The summed E-state index contributed by atoms with van der Waals surface area (Å²) in [6.07, 6.45) is 1.81. The molecule has 0 aromatic heterocycles. The molecule has 0 saturated heterocycles. The zero-order valence-electron chi connectivity index (χ0n) is 12.8. The zero-order chi connectivity index (χ0) is 15.0. The predicted molar refractivity (Wildman–Crippen MR) is 78.3 cm³/mol. The van der Waals surface area contributed by atoms with Gasteiger partial charge in [0.05, 0.1) is 13.7 Å². The van der Waals surface area contributed by atoms with Gasteiger partial charge in [0, 0.05) is 0 Å². The van der Waals surface area contributed by atoms with Gasteiger partial charge in [-0.3, -0.25) is 0 Å². The molecule has 0 bridgehead atoms. The van der Waals surface area contributed by atoms with Crippen LogP contribution < -0.4 is 9.47 Å². The smallest absolute Gasteiger partial charge is 0.347 e. The normalized spacial score (nSPS) is 11.8. The highest BCUT2D eigenvalue weighted by atomic mass is 16.6. The number of esters is 1. The summed E-state index contributed by atoms with van der Waals surface area (Å²) in [7, 11) is 1.60. The molecule has 4 heteroatoms. The topological polar surface area (TPSA) is 44.8 Å². The summed E-state index contributed by atoms with van der Waals surface area (Å²) in [5, 5.41) is 0. The highest BCUT2D eigenvalue weighted by Crippen LogP contribution is 2.30. The molecular formula is C16H24O4. The third-order valence-electron chi connectivity index (χ3n) is 3.01. The fourth-order valence-electron chi connectivity index (χ4n) is 1.90. The standard InChI is InChI=1S/C16H24O4/c1-5-8-14(16(17)19-7-3)20-13-10-9-12(6-2)11-15(13)18-4/h9-11,14H,5-8H2,1-4H3. The summed E-state index contributed by atoms with van der Waals surface area (Å²) in [5.41, 5.74) is 1.16. The molecule has 1 unspecified atom stereocenters. The van der Waals surface area contributed by atoms with Gasteiger partial charge in [-0.05, 0) is 37.5 Å². The van der Waals surface area contributed by atoms with E-state index in [0.717, 1.165) is 18.4 Å². The van der Waals surface area contributed by atoms with Crippen LogP contribution in [-0.4, -0.2) is 25.8 Å². The van der Waals surface area contributed by atoms with Gasteiger partial charge in [-0.1, -0.05) is 26.3 Å². The maximum Gasteiger partial charge on any atom is 0.347 e. The van der Waals surface area contributed by atoms with E-state index in [-0.39, 0.29) is 5.97 Å². The van der Waals surface area contributed by atoms with E-state index in [1.807, 2.05) is 25.1 Å². The summed E-state index contributed by atoms with van der Waals surface area (Å²) >= 11 is 0. The molecule has 1 aromatic rings. The van der Waals surface area contributed by atoms with Crippen molar-refractivity contribution in [3.63, 3.8) is 0 Å². The van der Waals surface area contributed by atoms with Gasteiger partial charge in [0.2, 0.25) is 0 Å². The first-order valence-electron chi connectivity index (χ1n) is 7.16. The van der Waals surface area contributed by atoms with E-state index < -0.39 is 6.10 Å². The predicted octanol–water partition coefficient (Wildman–Crippen LogP) is 3.37. The van der Waals surface area contributed by atoms with Crippen LogP contribution in [-0.2, 0) is 16.0 Å². The third-order valence-corrected chi connectivity index (χ3v) is 3.01. The van der Waals surface area contributed by atoms with Crippen molar-refractivity contribution >= 4 is 5.97 Å². The zero-order valence-corrected chi connectivity index (χ0v) is 12.8. The minimum Gasteiger partial charge on any atom is -0.493 e. The number of carbonyl (C=O) groups is 1. The van der Waals surface area contributed by atoms with Crippen LogP contribution in [0.15, 0.2) is 18.2 Å². The fraction of sp³-hybridized carbons (Fsp3) is 0.562. The number of carbonyl (C=O) groups excluding carboxylic acids is 1. The lowest BCUT2D eigenvalue weighted by Gasteiger charge is -2.19. The highest BCUT2D eigenvalue weighted by molar-refractivity contribution is 5.75. The maximum absolute atomic E-state index is 11.9. The Morgan fingerprint density at radius 2 is 1.95 bits per heavy atom. The lowest BCUT2D eigenvalue weighted by atomic mass is 10.1. The molecule has 20 heavy (non-hydrogen) atoms. The number of ether oxygens (including phenoxy) is 3. The van der Waals surface area contributed by atoms with Crippen LogP contribution in [0.5, 0.6) is 11.5 Å². The Morgan fingerprint density at radius 1 is 1.20 bits per heavy atom. The Hall–Kier alpha value is -1.71. The van der Waals surface area contributed by atoms with E-state index in [1.165, 1.54) is 0 Å². The quantitative estimate of drug-likeness (QED) is 0.685. The van der Waals surface area contributed by atoms with Crippen molar-refractivity contribution in [3.05, 3.63) is 23.8 Å². The van der Waals surface area contributed by atoms with Crippen LogP contribution in [0.2, 0.25) is 0 Å². The van der Waals surface area contributed by atoms with Crippen molar-refractivity contribution in [3.8, 4) is 11.5 Å². The second-order valence-corrected chi connectivity index (χ2v) is 4.49. The van der Waals surface area contributed by atoms with E-state index >= 15 is 0 Å². The Morgan fingerprint density at radius 3 is 2.50 bits per heavy atom. The summed E-state index contributed by atoms with van der Waals surface area (Å²) < 4.78 is 16.2. The largest absolute Gasteiger partial charge is 0.493 e. The molecule has 0 aliphatic heterocycles. The Bertz CT molecular complexity index is 428. The number of rotatable bonds is 8. The van der Waals surface area contributed by atoms with Gasteiger partial charge in [-0.15, -0.1) is 0 Å². The van der Waals surface area contributed by atoms with E-state index in [0.29, 0.717) is 24.5 Å². The van der Waals surface area contributed by atoms with E-state index in [9.17, 15) is 4.79 Å². The van der Waals surface area contributed by atoms with Crippen molar-refractivity contribution in [2.45, 2.75) is 46.1 Å². The molecule has 0 heterocycles. The van der Waals surface area contributed by atoms with Crippen LogP contribution in [0.1, 0.15) is 39.2 Å². The van der Waals surface area contributed by atoms with Crippen LogP contribution in [0.25, 0.3) is 0 Å². The molecule has 4 nitrogen and oxygen atoms in total. The molecular weight excluding hydrogens is 256 g/mol. The van der Waals surface area contributed by atoms with E-state index in [4.69, 9.17) is 14.2 Å². The summed E-state index contributed by atoms with van der Waals surface area (Å²) in [6.45, 7) is 6.23. The number of methoxy groups -OCH3 is 1. The molecule has 0 amide bonds. The monoisotopic (exact) mass is 280 g/mol. The molecule has 1 atom stereocenters. The molecule has 0 aliphatic rings. The summed E-state index contributed by atoms with van der Waals surface area (Å²) in [6, 6.07) is 5.76. The van der Waals surface area contributed by atoms with E-state index in [2.05, 4.69) is 6.92 Å². The average Bonchev–Trinajstić information content (AvgIpc) is 2.47.